The molecule has 182 valence electrons. The number of amides is 2. The summed E-state index contributed by atoms with van der Waals surface area (Å²) in [6.45, 7) is 3.21. The molecular weight excluding hydrogens is 464 g/mol. The Morgan fingerprint density at radius 3 is 2.57 bits per heavy atom. The fourth-order valence-corrected chi connectivity index (χ4v) is 4.42. The Kier molecular flexibility index (Phi) is 7.98. The van der Waals surface area contributed by atoms with Gasteiger partial charge in [-0.3, -0.25) is 9.59 Å². The minimum absolute atomic E-state index is 0.00994. The fraction of sp³-hybridized carbons (Fsp3) is 0.333. The van der Waals surface area contributed by atoms with Crippen molar-refractivity contribution in [2.45, 2.75) is 32.4 Å². The summed E-state index contributed by atoms with van der Waals surface area (Å²) in [7, 11) is 1.81. The molecule has 0 radical (unpaired) electrons. The van der Waals surface area contributed by atoms with E-state index in [1.54, 1.807) is 48.2 Å². The fourth-order valence-electron chi connectivity index (χ4n) is 4.30. The summed E-state index contributed by atoms with van der Waals surface area (Å²) in [6, 6.07) is 18.7. The summed E-state index contributed by atoms with van der Waals surface area (Å²) in [5, 5.41) is 0.632. The second kappa shape index (κ2) is 11.3. The van der Waals surface area contributed by atoms with E-state index in [1.807, 2.05) is 42.5 Å². The Bertz CT molecular complexity index is 1160. The molecule has 1 aliphatic rings. The second-order valence-corrected chi connectivity index (χ2v) is 9.28. The molecule has 7 nitrogen and oxygen atoms in total. The number of piperidine rings is 1. The van der Waals surface area contributed by atoms with Crippen LogP contribution in [0, 0.1) is 12.8 Å². The Morgan fingerprint density at radius 1 is 1.11 bits per heavy atom. The number of carbonyl (C=O) groups excluding carboxylic acids is 2. The highest BCUT2D eigenvalue weighted by Crippen LogP contribution is 2.28. The van der Waals surface area contributed by atoms with Crippen LogP contribution in [0.3, 0.4) is 0 Å². The molecular formula is C27H29ClN4O3. The molecule has 4 rings (SSSR count). The number of aromatic nitrogens is 2. The number of rotatable bonds is 7. The summed E-state index contributed by atoms with van der Waals surface area (Å²) in [4.78, 5) is 38.2. The van der Waals surface area contributed by atoms with Gasteiger partial charge in [0.2, 0.25) is 5.91 Å². The van der Waals surface area contributed by atoms with E-state index in [-0.39, 0.29) is 30.3 Å². The summed E-state index contributed by atoms with van der Waals surface area (Å²) in [6.07, 6.45) is 2.26. The molecule has 1 aliphatic heterocycles. The highest BCUT2D eigenvalue weighted by atomic mass is 35.5. The van der Waals surface area contributed by atoms with Gasteiger partial charge in [0, 0.05) is 56.7 Å². The average Bonchev–Trinajstić information content (AvgIpc) is 2.86. The monoisotopic (exact) mass is 492 g/mol. The standard InChI is InChI=1S/C27H29ClN4O3/c1-19-29-14-12-24(30-19)27(34)32-15-13-25(35-23-10-8-22(28)9-11-23)21(18-32)16-26(33)31(2)17-20-6-4-3-5-7-20/h3-12,14,21,25H,13,15-18H2,1-2H3/t21-,25-/m0/s1. The van der Waals surface area contributed by atoms with Crippen LogP contribution in [0.1, 0.15) is 34.7 Å². The zero-order valence-corrected chi connectivity index (χ0v) is 20.7. The van der Waals surface area contributed by atoms with Crippen molar-refractivity contribution in [1.29, 1.82) is 0 Å². The first-order chi connectivity index (χ1) is 16.9. The normalized spacial score (nSPS) is 17.6. The van der Waals surface area contributed by atoms with Gasteiger partial charge >= 0.3 is 0 Å². The van der Waals surface area contributed by atoms with Gasteiger partial charge < -0.3 is 14.5 Å². The molecule has 0 spiro atoms. The molecule has 35 heavy (non-hydrogen) atoms. The van der Waals surface area contributed by atoms with Gasteiger partial charge in [0.15, 0.2) is 0 Å². The predicted octanol–water partition coefficient (Wildman–Crippen LogP) is 4.40. The Balaban J connectivity index is 1.49. The lowest BCUT2D eigenvalue weighted by molar-refractivity contribution is -0.132. The average molecular weight is 493 g/mol. The van der Waals surface area contributed by atoms with Gasteiger partial charge in [0.25, 0.3) is 5.91 Å². The van der Waals surface area contributed by atoms with E-state index >= 15 is 0 Å². The predicted molar refractivity (Wildman–Crippen MR) is 134 cm³/mol. The number of likely N-dealkylation sites (tertiary alicyclic amines) is 1. The van der Waals surface area contributed by atoms with Crippen LogP contribution in [0.25, 0.3) is 0 Å². The van der Waals surface area contributed by atoms with E-state index in [4.69, 9.17) is 16.3 Å². The highest BCUT2D eigenvalue weighted by Gasteiger charge is 2.35. The summed E-state index contributed by atoms with van der Waals surface area (Å²) >= 11 is 6.02. The maximum atomic E-state index is 13.2. The lowest BCUT2D eigenvalue weighted by Crippen LogP contribution is -2.49. The molecule has 2 amide bonds. The quantitative estimate of drug-likeness (QED) is 0.488. The number of ether oxygens (including phenoxy) is 1. The number of aryl methyl sites for hydroxylation is 1. The van der Waals surface area contributed by atoms with E-state index in [2.05, 4.69) is 9.97 Å². The van der Waals surface area contributed by atoms with E-state index < -0.39 is 0 Å². The summed E-state index contributed by atoms with van der Waals surface area (Å²) in [5.41, 5.74) is 1.43. The van der Waals surface area contributed by atoms with Crippen LogP contribution in [0.5, 0.6) is 5.75 Å². The van der Waals surface area contributed by atoms with Crippen molar-refractivity contribution >= 4 is 23.4 Å². The molecule has 2 heterocycles. The first-order valence-corrected chi connectivity index (χ1v) is 12.1. The van der Waals surface area contributed by atoms with Crippen LogP contribution in [-0.4, -0.2) is 57.8 Å². The molecule has 2 atom stereocenters. The second-order valence-electron chi connectivity index (χ2n) is 8.84. The number of carbonyl (C=O) groups is 2. The third kappa shape index (κ3) is 6.57. The number of halogens is 1. The molecule has 3 aromatic rings. The van der Waals surface area contributed by atoms with Gasteiger partial charge in [0.05, 0.1) is 0 Å². The Morgan fingerprint density at radius 2 is 1.86 bits per heavy atom. The van der Waals surface area contributed by atoms with Crippen molar-refractivity contribution in [2.24, 2.45) is 5.92 Å². The van der Waals surface area contributed by atoms with Crippen molar-refractivity contribution in [1.82, 2.24) is 19.8 Å². The number of hydrogen-bond donors (Lipinski definition) is 0. The van der Waals surface area contributed by atoms with Crippen LogP contribution in [0.2, 0.25) is 5.02 Å². The maximum Gasteiger partial charge on any atom is 0.272 e. The molecule has 1 fully saturated rings. The van der Waals surface area contributed by atoms with Gasteiger partial charge in [-0.15, -0.1) is 0 Å². The Labute approximate surface area is 210 Å². The summed E-state index contributed by atoms with van der Waals surface area (Å²) in [5.74, 6) is 0.926. The molecule has 0 saturated carbocycles. The van der Waals surface area contributed by atoms with Crippen LogP contribution >= 0.6 is 11.6 Å². The SMILES string of the molecule is Cc1nccc(C(=O)N2CC[C@H](Oc3ccc(Cl)cc3)[C@@H](CC(=O)N(C)Cc3ccccc3)C2)n1. The minimum atomic E-state index is -0.207. The van der Waals surface area contributed by atoms with Gasteiger partial charge in [-0.1, -0.05) is 41.9 Å². The minimum Gasteiger partial charge on any atom is -0.490 e. The lowest BCUT2D eigenvalue weighted by Gasteiger charge is -2.38. The molecule has 2 aromatic carbocycles. The van der Waals surface area contributed by atoms with E-state index in [0.29, 0.717) is 48.3 Å². The third-order valence-electron chi connectivity index (χ3n) is 6.17. The maximum absolute atomic E-state index is 13.2. The first kappa shape index (κ1) is 24.7. The molecule has 0 unspecified atom stereocenters. The third-order valence-corrected chi connectivity index (χ3v) is 6.42. The lowest BCUT2D eigenvalue weighted by atomic mass is 9.90. The van der Waals surface area contributed by atoms with Crippen molar-refractivity contribution in [3.63, 3.8) is 0 Å². The number of benzene rings is 2. The summed E-state index contributed by atoms with van der Waals surface area (Å²) < 4.78 is 6.28. The largest absolute Gasteiger partial charge is 0.490 e. The van der Waals surface area contributed by atoms with Gasteiger partial charge in [-0.2, -0.15) is 0 Å². The zero-order valence-electron chi connectivity index (χ0n) is 19.9. The zero-order chi connectivity index (χ0) is 24.8. The number of nitrogens with zero attached hydrogens (tertiary/aromatic N) is 4. The van der Waals surface area contributed by atoms with E-state index in [0.717, 1.165) is 5.56 Å². The van der Waals surface area contributed by atoms with Crippen LogP contribution < -0.4 is 4.74 Å². The molecule has 1 saturated heterocycles. The Hall–Kier alpha value is -3.45. The molecule has 0 N–H and O–H groups in total. The van der Waals surface area contributed by atoms with Gasteiger partial charge in [0.1, 0.15) is 23.4 Å². The molecule has 0 bridgehead atoms. The van der Waals surface area contributed by atoms with E-state index in [9.17, 15) is 9.59 Å². The number of hydrogen-bond acceptors (Lipinski definition) is 5. The van der Waals surface area contributed by atoms with Crippen molar-refractivity contribution < 1.29 is 14.3 Å². The van der Waals surface area contributed by atoms with Gasteiger partial charge in [-0.05, 0) is 42.8 Å². The van der Waals surface area contributed by atoms with Crippen molar-refractivity contribution in [3.05, 3.63) is 89.0 Å². The molecule has 8 heteroatoms. The molecule has 1 aromatic heterocycles. The van der Waals surface area contributed by atoms with Crippen LogP contribution in [-0.2, 0) is 11.3 Å². The van der Waals surface area contributed by atoms with Crippen LogP contribution in [0.4, 0.5) is 0 Å². The van der Waals surface area contributed by atoms with E-state index in [1.165, 1.54) is 0 Å². The molecule has 0 aliphatic carbocycles. The first-order valence-electron chi connectivity index (χ1n) is 11.7. The highest BCUT2D eigenvalue weighted by molar-refractivity contribution is 6.30. The smallest absolute Gasteiger partial charge is 0.272 e. The van der Waals surface area contributed by atoms with Gasteiger partial charge in [-0.25, -0.2) is 9.97 Å². The van der Waals surface area contributed by atoms with Crippen molar-refractivity contribution in [2.75, 3.05) is 20.1 Å². The van der Waals surface area contributed by atoms with Crippen molar-refractivity contribution in [3.8, 4) is 5.75 Å². The van der Waals surface area contributed by atoms with Crippen LogP contribution in [0.15, 0.2) is 66.9 Å². The topological polar surface area (TPSA) is 75.6 Å².